The number of benzene rings is 3. The average Bonchev–Trinajstić information content (AvgIpc) is 3.37. The molecule has 0 saturated carbocycles. The zero-order valence-corrected chi connectivity index (χ0v) is 22.6. The van der Waals surface area contributed by atoms with E-state index in [1.165, 1.54) is 19.2 Å². The van der Waals surface area contributed by atoms with Crippen molar-refractivity contribution in [3.63, 3.8) is 0 Å². The van der Waals surface area contributed by atoms with E-state index in [1.54, 1.807) is 41.2 Å². The minimum Gasteiger partial charge on any atom is -0.492 e. The summed E-state index contributed by atoms with van der Waals surface area (Å²) in [5.74, 6) is 0.639. The second kappa shape index (κ2) is 11.0. The van der Waals surface area contributed by atoms with Crippen LogP contribution in [0.2, 0.25) is 5.02 Å². The molecule has 0 spiro atoms. The van der Waals surface area contributed by atoms with Crippen molar-refractivity contribution in [3.05, 3.63) is 130 Å². The Morgan fingerprint density at radius 2 is 1.69 bits per heavy atom. The van der Waals surface area contributed by atoms with Crippen molar-refractivity contribution in [2.24, 2.45) is 4.99 Å². The molecule has 4 aromatic rings. The first kappa shape index (κ1) is 26.0. The van der Waals surface area contributed by atoms with Gasteiger partial charge in [-0.2, -0.15) is 13.5 Å². The van der Waals surface area contributed by atoms with Crippen LogP contribution in [0.25, 0.3) is 16.9 Å². The van der Waals surface area contributed by atoms with E-state index in [-0.39, 0.29) is 16.4 Å². The number of hydrogen-bond donors (Lipinski definition) is 0. The first-order valence-electron chi connectivity index (χ1n) is 11.8. The van der Waals surface area contributed by atoms with Crippen molar-refractivity contribution in [2.45, 2.75) is 11.8 Å². The minimum absolute atomic E-state index is 0.0276. The molecule has 0 bridgehead atoms. The number of ether oxygens (including phenoxy) is 1. The summed E-state index contributed by atoms with van der Waals surface area (Å²) in [5, 5.41) is 5.38. The highest BCUT2D eigenvalue weighted by Gasteiger charge is 2.22. The van der Waals surface area contributed by atoms with Crippen molar-refractivity contribution in [1.29, 1.82) is 0 Å². The van der Waals surface area contributed by atoms with Gasteiger partial charge in [-0.3, -0.25) is 0 Å². The van der Waals surface area contributed by atoms with Gasteiger partial charge in [-0.05, 0) is 49.1 Å². The Morgan fingerprint density at radius 1 is 0.974 bits per heavy atom. The first-order chi connectivity index (χ1) is 18.8. The molecule has 0 atom stereocenters. The van der Waals surface area contributed by atoms with E-state index in [4.69, 9.17) is 25.6 Å². The first-order valence-corrected chi connectivity index (χ1v) is 13.6. The topological polar surface area (TPSA) is 82.8 Å². The van der Waals surface area contributed by atoms with Gasteiger partial charge in [0, 0.05) is 34.5 Å². The van der Waals surface area contributed by atoms with Crippen LogP contribution >= 0.6 is 11.6 Å². The monoisotopic (exact) mass is 555 g/mol. The van der Waals surface area contributed by atoms with Gasteiger partial charge >= 0.3 is 10.1 Å². The zero-order chi connectivity index (χ0) is 27.4. The van der Waals surface area contributed by atoms with Crippen molar-refractivity contribution in [1.82, 2.24) is 9.78 Å². The summed E-state index contributed by atoms with van der Waals surface area (Å²) < 4.78 is 37.9. The third-order valence-corrected chi connectivity index (χ3v) is 7.21. The lowest BCUT2D eigenvalue weighted by molar-refractivity contribution is 0.263. The van der Waals surface area contributed by atoms with Crippen LogP contribution in [0.4, 0.5) is 5.82 Å². The van der Waals surface area contributed by atoms with Gasteiger partial charge in [0.2, 0.25) is 5.76 Å². The lowest BCUT2D eigenvalue weighted by Crippen LogP contribution is -2.09. The molecule has 39 heavy (non-hydrogen) atoms. The molecule has 1 aliphatic rings. The number of methoxy groups -OCH3 is 1. The fourth-order valence-corrected chi connectivity index (χ4v) is 4.73. The predicted molar refractivity (Wildman–Crippen MR) is 151 cm³/mol. The van der Waals surface area contributed by atoms with Gasteiger partial charge in [-0.1, -0.05) is 65.4 Å². The van der Waals surface area contributed by atoms with Gasteiger partial charge in [0.15, 0.2) is 11.6 Å². The van der Waals surface area contributed by atoms with E-state index in [2.05, 4.69) is 16.5 Å². The Morgan fingerprint density at radius 3 is 2.38 bits per heavy atom. The molecule has 0 N–H and O–H groups in total. The molecule has 7 nitrogen and oxygen atoms in total. The smallest absolute Gasteiger partial charge is 0.339 e. The SMILES string of the molecule is COC1=CC(/C=N/c2cc(-c3ccc(Cl)cc3)nn2-c2ccccc2)=C=C=C1OS(=O)(=O)c1ccc(C)cc1. The molecule has 194 valence electrons. The molecule has 1 aromatic heterocycles. The van der Waals surface area contributed by atoms with Crippen LogP contribution in [-0.2, 0) is 19.0 Å². The fraction of sp³-hybridized carbons (Fsp3) is 0.0667. The number of aryl methyl sites for hydroxylation is 1. The van der Waals surface area contributed by atoms with Gasteiger partial charge in [-0.25, -0.2) is 9.67 Å². The molecule has 0 aliphatic heterocycles. The molecule has 3 aromatic carbocycles. The summed E-state index contributed by atoms with van der Waals surface area (Å²) >= 11 is 6.05. The molecule has 1 aliphatic carbocycles. The summed E-state index contributed by atoms with van der Waals surface area (Å²) in [5.41, 5.74) is 9.50. The van der Waals surface area contributed by atoms with Crippen LogP contribution in [-0.4, -0.2) is 31.5 Å². The fourth-order valence-electron chi connectivity index (χ4n) is 3.70. The molecule has 0 unspecified atom stereocenters. The van der Waals surface area contributed by atoms with Crippen molar-refractivity contribution in [2.75, 3.05) is 7.11 Å². The number of hydrogen-bond acceptors (Lipinski definition) is 6. The Kier molecular flexibility index (Phi) is 7.37. The second-order valence-electron chi connectivity index (χ2n) is 8.50. The Hall–Kier alpha value is -4.58. The van der Waals surface area contributed by atoms with Crippen LogP contribution in [0.15, 0.2) is 129 Å². The molecular formula is C30H22ClN3O4S. The van der Waals surface area contributed by atoms with Gasteiger partial charge in [-0.15, -0.1) is 0 Å². The molecule has 0 saturated heterocycles. The number of para-hydroxylation sites is 1. The number of aromatic nitrogens is 2. The summed E-state index contributed by atoms with van der Waals surface area (Å²) in [6.07, 6.45) is 3.14. The summed E-state index contributed by atoms with van der Waals surface area (Å²) in [6.45, 7) is 1.87. The molecule has 0 fully saturated rings. The Balaban J connectivity index is 1.49. The maximum atomic E-state index is 12.7. The van der Waals surface area contributed by atoms with Crippen LogP contribution in [0.3, 0.4) is 0 Å². The normalized spacial score (nSPS) is 13.2. The second-order valence-corrected chi connectivity index (χ2v) is 10.5. The number of aliphatic imine (C=N–C) groups is 1. The lowest BCUT2D eigenvalue weighted by atomic mass is 10.1. The maximum absolute atomic E-state index is 12.7. The van der Waals surface area contributed by atoms with Crippen LogP contribution in [0, 0.1) is 6.92 Å². The molecule has 0 radical (unpaired) electrons. The maximum Gasteiger partial charge on any atom is 0.339 e. The van der Waals surface area contributed by atoms with Crippen LogP contribution in [0.5, 0.6) is 0 Å². The highest BCUT2D eigenvalue weighted by molar-refractivity contribution is 7.86. The number of nitrogens with zero attached hydrogens (tertiary/aromatic N) is 3. The molecule has 1 heterocycles. The van der Waals surface area contributed by atoms with Gasteiger partial charge in [0.1, 0.15) is 4.90 Å². The Labute approximate surface area is 231 Å². The van der Waals surface area contributed by atoms with E-state index in [1.807, 2.05) is 55.5 Å². The summed E-state index contributed by atoms with van der Waals surface area (Å²) in [7, 11) is -2.66. The largest absolute Gasteiger partial charge is 0.492 e. The average molecular weight is 556 g/mol. The predicted octanol–water partition coefficient (Wildman–Crippen LogP) is 6.72. The molecule has 9 heteroatoms. The standard InChI is InChI=1S/C30H22ClN3O4S/c1-21-8-15-26(16-9-21)39(35,36)38-28-17-10-22(18-29(28)37-2)20-32-30-19-27(23-11-13-24(31)14-12-23)33-34(30)25-6-4-3-5-7-25/h3-9,11-16,18-20H,1-2H3/b32-20+. The van der Waals surface area contributed by atoms with E-state index in [9.17, 15) is 8.42 Å². The molecule has 0 amide bonds. The minimum atomic E-state index is -4.08. The van der Waals surface area contributed by atoms with Crippen LogP contribution in [0.1, 0.15) is 5.56 Å². The highest BCUT2D eigenvalue weighted by atomic mass is 35.5. The number of allylic oxidation sites excluding steroid dienone is 2. The van der Waals surface area contributed by atoms with Crippen molar-refractivity contribution in [3.8, 4) is 16.9 Å². The quantitative estimate of drug-likeness (QED) is 0.137. The summed E-state index contributed by atoms with van der Waals surface area (Å²) in [6, 6.07) is 25.2. The van der Waals surface area contributed by atoms with Gasteiger partial charge in [0.05, 0.1) is 18.5 Å². The van der Waals surface area contributed by atoms with E-state index >= 15 is 0 Å². The van der Waals surface area contributed by atoms with Crippen molar-refractivity contribution < 1.29 is 17.3 Å². The van der Waals surface area contributed by atoms with Crippen molar-refractivity contribution >= 4 is 33.8 Å². The van der Waals surface area contributed by atoms with Crippen LogP contribution < -0.4 is 0 Å². The lowest BCUT2D eigenvalue weighted by Gasteiger charge is -2.12. The van der Waals surface area contributed by atoms with Gasteiger partial charge < -0.3 is 8.92 Å². The van der Waals surface area contributed by atoms with E-state index in [0.29, 0.717) is 16.4 Å². The van der Waals surface area contributed by atoms with E-state index < -0.39 is 10.1 Å². The van der Waals surface area contributed by atoms with Gasteiger partial charge in [0.25, 0.3) is 0 Å². The van der Waals surface area contributed by atoms with E-state index in [0.717, 1.165) is 22.5 Å². The highest BCUT2D eigenvalue weighted by Crippen LogP contribution is 2.28. The molecular weight excluding hydrogens is 534 g/mol. The number of halogens is 1. The molecule has 5 rings (SSSR count). The third-order valence-electron chi connectivity index (χ3n) is 5.72. The zero-order valence-electron chi connectivity index (χ0n) is 21.0. The third kappa shape index (κ3) is 5.96. The number of rotatable bonds is 8. The Bertz CT molecular complexity index is 1790. The summed E-state index contributed by atoms with van der Waals surface area (Å²) in [4.78, 5) is 4.66.